The Morgan fingerprint density at radius 2 is 2.10 bits per heavy atom. The average molecular weight is 167 g/mol. The molecule has 0 aliphatic heterocycles. The van der Waals surface area contributed by atoms with Crippen molar-refractivity contribution >= 4 is 9.47 Å². The van der Waals surface area contributed by atoms with Crippen LogP contribution in [-0.4, -0.2) is 25.0 Å². The summed E-state index contributed by atoms with van der Waals surface area (Å²) in [7, 11) is 3.84. The van der Waals surface area contributed by atoms with Crippen LogP contribution >= 0.6 is 9.47 Å². The average Bonchev–Trinajstić information content (AvgIpc) is 2.04. The first-order valence-electron chi connectivity index (χ1n) is 3.49. The molecule has 2 atom stereocenters. The largest absolute Gasteiger partial charge is 0.368 e. The van der Waals surface area contributed by atoms with Gasteiger partial charge in [-0.25, -0.2) is 0 Å². The van der Waals surface area contributed by atoms with Crippen LogP contribution in [0.3, 0.4) is 0 Å². The van der Waals surface area contributed by atoms with Crippen LogP contribution in [0.5, 0.6) is 0 Å². The van der Waals surface area contributed by atoms with Gasteiger partial charge in [0, 0.05) is 15.9 Å². The van der Waals surface area contributed by atoms with Crippen LogP contribution in [0.15, 0.2) is 0 Å². The van der Waals surface area contributed by atoms with Crippen molar-refractivity contribution in [2.45, 2.75) is 26.6 Å². The third-order valence-corrected chi connectivity index (χ3v) is 1.11. The van der Waals surface area contributed by atoms with Crippen molar-refractivity contribution in [2.24, 2.45) is 0 Å². The second kappa shape index (κ2) is 12.0. The second-order valence-corrected chi connectivity index (χ2v) is 1.76. The predicted molar refractivity (Wildman–Crippen MR) is 46.7 cm³/mol. The van der Waals surface area contributed by atoms with Gasteiger partial charge in [-0.3, -0.25) is 0 Å². The number of hydrogen-bond donors (Lipinski definition) is 2. The SMILES string of the molecule is CC.CNCCC(O)OP. The third kappa shape index (κ3) is 11.2. The molecule has 0 bridgehead atoms. The van der Waals surface area contributed by atoms with Crippen molar-refractivity contribution in [1.82, 2.24) is 5.32 Å². The molecule has 0 aliphatic rings. The van der Waals surface area contributed by atoms with Crippen LogP contribution in [0.25, 0.3) is 0 Å². The van der Waals surface area contributed by atoms with E-state index in [0.717, 1.165) is 6.54 Å². The standard InChI is InChI=1S/C4H12NO2P.C2H6/c1-5-3-2-4(6)7-8;1-2/h4-6H,2-3,8H2,1H3;1-2H3. The Morgan fingerprint density at radius 1 is 1.60 bits per heavy atom. The summed E-state index contributed by atoms with van der Waals surface area (Å²) in [5, 5.41) is 11.6. The molecule has 3 nitrogen and oxygen atoms in total. The Labute approximate surface area is 65.4 Å². The molecule has 10 heavy (non-hydrogen) atoms. The number of aliphatic hydroxyl groups is 1. The molecule has 0 spiro atoms. The first-order chi connectivity index (χ1) is 4.81. The van der Waals surface area contributed by atoms with E-state index in [-0.39, 0.29) is 0 Å². The Hall–Kier alpha value is 0.310. The summed E-state index contributed by atoms with van der Waals surface area (Å²) in [5.41, 5.74) is 0. The van der Waals surface area contributed by atoms with E-state index in [1.165, 1.54) is 0 Å². The van der Waals surface area contributed by atoms with Crippen molar-refractivity contribution in [3.63, 3.8) is 0 Å². The maximum atomic E-state index is 8.71. The quantitative estimate of drug-likeness (QED) is 0.479. The minimum atomic E-state index is -0.646. The molecule has 0 amide bonds. The second-order valence-electron chi connectivity index (χ2n) is 1.48. The van der Waals surface area contributed by atoms with E-state index in [4.69, 9.17) is 5.11 Å². The van der Waals surface area contributed by atoms with Gasteiger partial charge in [-0.05, 0) is 13.6 Å². The molecule has 0 fully saturated rings. The van der Waals surface area contributed by atoms with Gasteiger partial charge < -0.3 is 14.9 Å². The van der Waals surface area contributed by atoms with Crippen molar-refractivity contribution in [3.05, 3.63) is 0 Å². The predicted octanol–water partition coefficient (Wildman–Crippen LogP) is 0.747. The number of nitrogens with one attached hydrogen (secondary N) is 1. The van der Waals surface area contributed by atoms with Crippen LogP contribution in [0.4, 0.5) is 0 Å². The lowest BCUT2D eigenvalue weighted by Crippen LogP contribution is -2.16. The summed E-state index contributed by atoms with van der Waals surface area (Å²) >= 11 is 0. The Kier molecular flexibility index (Phi) is 15.6. The van der Waals surface area contributed by atoms with Gasteiger partial charge >= 0.3 is 0 Å². The van der Waals surface area contributed by atoms with E-state index in [1.54, 1.807) is 0 Å². The lowest BCUT2D eigenvalue weighted by atomic mass is 10.4. The van der Waals surface area contributed by atoms with Crippen molar-refractivity contribution in [1.29, 1.82) is 0 Å². The molecule has 0 aromatic heterocycles. The molecule has 0 radical (unpaired) electrons. The topological polar surface area (TPSA) is 41.5 Å². The number of hydrogen-bond acceptors (Lipinski definition) is 3. The molecule has 64 valence electrons. The van der Waals surface area contributed by atoms with Crippen molar-refractivity contribution < 1.29 is 9.63 Å². The summed E-state index contributed by atoms with van der Waals surface area (Å²) in [4.78, 5) is 0. The van der Waals surface area contributed by atoms with E-state index in [2.05, 4.69) is 9.84 Å². The van der Waals surface area contributed by atoms with Gasteiger partial charge in [-0.15, -0.1) is 0 Å². The van der Waals surface area contributed by atoms with E-state index in [9.17, 15) is 0 Å². The highest BCUT2D eigenvalue weighted by Gasteiger charge is 1.96. The highest BCUT2D eigenvalue weighted by Crippen LogP contribution is 1.96. The summed E-state index contributed by atoms with van der Waals surface area (Å²) in [6.07, 6.45) is -0.0209. The molecule has 0 saturated heterocycles. The summed E-state index contributed by atoms with van der Waals surface area (Å²) < 4.78 is 4.48. The zero-order valence-corrected chi connectivity index (χ0v) is 8.08. The fourth-order valence-electron chi connectivity index (χ4n) is 0.336. The third-order valence-electron chi connectivity index (χ3n) is 0.798. The van der Waals surface area contributed by atoms with Crippen LogP contribution in [0.1, 0.15) is 20.3 Å². The summed E-state index contributed by atoms with van der Waals surface area (Å²) in [5.74, 6) is 0. The first kappa shape index (κ1) is 12.9. The van der Waals surface area contributed by atoms with Gasteiger partial charge in [-0.1, -0.05) is 13.8 Å². The minimum Gasteiger partial charge on any atom is -0.368 e. The fraction of sp³-hybridized carbons (Fsp3) is 1.00. The van der Waals surface area contributed by atoms with Crippen LogP contribution in [0.2, 0.25) is 0 Å². The maximum absolute atomic E-state index is 8.71. The lowest BCUT2D eigenvalue weighted by molar-refractivity contribution is -0.00768. The molecule has 0 aromatic rings. The Bertz CT molecular complexity index is 55.0. The monoisotopic (exact) mass is 167 g/mol. The molecule has 0 aromatic carbocycles. The van der Waals surface area contributed by atoms with Crippen LogP contribution < -0.4 is 5.32 Å². The molecular weight excluding hydrogens is 149 g/mol. The molecule has 2 unspecified atom stereocenters. The Morgan fingerprint density at radius 3 is 2.40 bits per heavy atom. The number of aliphatic hydroxyl groups excluding tert-OH is 1. The van der Waals surface area contributed by atoms with Gasteiger partial charge in [-0.2, -0.15) is 0 Å². The van der Waals surface area contributed by atoms with Crippen molar-refractivity contribution in [3.8, 4) is 0 Å². The highest BCUT2D eigenvalue weighted by molar-refractivity contribution is 7.09. The van der Waals surface area contributed by atoms with E-state index >= 15 is 0 Å². The smallest absolute Gasteiger partial charge is 0.158 e. The lowest BCUT2D eigenvalue weighted by Gasteiger charge is -2.05. The van der Waals surface area contributed by atoms with Gasteiger partial charge in [0.05, 0.1) is 0 Å². The fourth-order valence-corrected chi connectivity index (χ4v) is 0.472. The van der Waals surface area contributed by atoms with Gasteiger partial charge in [0.15, 0.2) is 6.29 Å². The molecular formula is C6H18NO2P. The van der Waals surface area contributed by atoms with Gasteiger partial charge in [0.2, 0.25) is 0 Å². The number of rotatable bonds is 4. The normalized spacial score (nSPS) is 11.7. The molecule has 2 N–H and O–H groups in total. The zero-order chi connectivity index (χ0) is 8.41. The first-order valence-corrected chi connectivity index (χ1v) is 3.96. The van der Waals surface area contributed by atoms with Gasteiger partial charge in [0.25, 0.3) is 0 Å². The van der Waals surface area contributed by atoms with Crippen molar-refractivity contribution in [2.75, 3.05) is 13.6 Å². The molecule has 0 heterocycles. The summed E-state index contributed by atoms with van der Waals surface area (Å²) in [6, 6.07) is 0. The highest BCUT2D eigenvalue weighted by atomic mass is 31.0. The Balaban J connectivity index is 0. The van der Waals surface area contributed by atoms with E-state index in [1.807, 2.05) is 30.4 Å². The zero-order valence-electron chi connectivity index (χ0n) is 6.92. The van der Waals surface area contributed by atoms with E-state index < -0.39 is 6.29 Å². The molecule has 0 saturated carbocycles. The minimum absolute atomic E-state index is 0.625. The molecule has 4 heteroatoms. The molecule has 0 aliphatic carbocycles. The summed E-state index contributed by atoms with van der Waals surface area (Å²) in [6.45, 7) is 4.77. The van der Waals surface area contributed by atoms with E-state index in [0.29, 0.717) is 6.42 Å². The van der Waals surface area contributed by atoms with Crippen LogP contribution in [0, 0.1) is 0 Å². The van der Waals surface area contributed by atoms with Gasteiger partial charge in [0.1, 0.15) is 0 Å². The maximum Gasteiger partial charge on any atom is 0.158 e. The van der Waals surface area contributed by atoms with Crippen LogP contribution in [-0.2, 0) is 4.52 Å². The molecule has 0 rings (SSSR count).